The summed E-state index contributed by atoms with van der Waals surface area (Å²) in [4.78, 5) is 21.6. The van der Waals surface area contributed by atoms with E-state index in [1.807, 2.05) is 0 Å². The van der Waals surface area contributed by atoms with Crippen LogP contribution in [-0.4, -0.2) is 46.9 Å². The molecule has 1 aliphatic rings. The predicted molar refractivity (Wildman–Crippen MR) is 40.5 cm³/mol. The van der Waals surface area contributed by atoms with Crippen molar-refractivity contribution in [3.63, 3.8) is 0 Å². The average Bonchev–Trinajstić information content (AvgIpc) is 2.38. The fourth-order valence-electron chi connectivity index (χ4n) is 1.10. The molecule has 1 heterocycles. The zero-order chi connectivity index (χ0) is 9.14. The lowest BCUT2D eigenvalue weighted by Crippen LogP contribution is -2.47. The fourth-order valence-corrected chi connectivity index (χ4v) is 1.10. The molecule has 12 heavy (non-hydrogen) atoms. The number of nitrogens with zero attached hydrogens (tertiary/aromatic N) is 2. The van der Waals surface area contributed by atoms with Gasteiger partial charge in [-0.25, -0.2) is 19.6 Å². The molecule has 2 N–H and O–H groups in total. The minimum Gasteiger partial charge on any atom is -0.464 e. The quantitative estimate of drug-likeness (QED) is 0.613. The summed E-state index contributed by atoms with van der Waals surface area (Å²) in [5, 5.41) is 13.3. The second kappa shape index (κ2) is 3.29. The van der Waals surface area contributed by atoms with Crippen molar-refractivity contribution in [3.8, 4) is 0 Å². The van der Waals surface area contributed by atoms with Crippen LogP contribution in [0.15, 0.2) is 0 Å². The van der Waals surface area contributed by atoms with Crippen LogP contribution >= 0.6 is 0 Å². The Bertz CT molecular complexity index is 206. The zero-order valence-corrected chi connectivity index (χ0v) is 6.78. The lowest BCUT2D eigenvalue weighted by atomic mass is 10.6. The summed E-state index contributed by atoms with van der Waals surface area (Å²) in [6, 6.07) is -0.348. The Hall–Kier alpha value is -1.46. The Morgan fingerprint density at radius 2 is 2.50 bits per heavy atom. The number of carbonyl (C=O) groups is 2. The molecule has 1 aliphatic heterocycles. The number of hydrazine groups is 1. The van der Waals surface area contributed by atoms with Crippen LogP contribution in [0.5, 0.6) is 0 Å². The molecule has 6 heteroatoms. The van der Waals surface area contributed by atoms with Crippen molar-refractivity contribution < 1.29 is 14.7 Å². The molecule has 3 amide bonds. The van der Waals surface area contributed by atoms with E-state index >= 15 is 0 Å². The van der Waals surface area contributed by atoms with Crippen molar-refractivity contribution in [1.29, 1.82) is 0 Å². The van der Waals surface area contributed by atoms with E-state index in [1.54, 1.807) is 6.92 Å². The summed E-state index contributed by atoms with van der Waals surface area (Å²) in [6.07, 6.45) is -1.10. The highest BCUT2D eigenvalue weighted by atomic mass is 16.4. The monoisotopic (exact) mass is 173 g/mol. The van der Waals surface area contributed by atoms with Gasteiger partial charge in [-0.3, -0.25) is 0 Å². The summed E-state index contributed by atoms with van der Waals surface area (Å²) in [5.41, 5.74) is 0. The van der Waals surface area contributed by atoms with E-state index in [1.165, 1.54) is 5.01 Å². The summed E-state index contributed by atoms with van der Waals surface area (Å²) < 4.78 is 0. The minimum absolute atomic E-state index is 0.281. The first-order valence-corrected chi connectivity index (χ1v) is 3.72. The summed E-state index contributed by atoms with van der Waals surface area (Å²) in [5.74, 6) is 0. The molecule has 1 fully saturated rings. The number of nitrogens with one attached hydrogen (secondary N) is 1. The zero-order valence-electron chi connectivity index (χ0n) is 6.78. The maximum Gasteiger partial charge on any atom is 0.426 e. The maximum absolute atomic E-state index is 11.0. The number of amides is 3. The average molecular weight is 173 g/mol. The van der Waals surface area contributed by atoms with Crippen molar-refractivity contribution >= 4 is 12.1 Å². The molecule has 0 aromatic carbocycles. The first-order chi connectivity index (χ1) is 5.66. The third-order valence-electron chi connectivity index (χ3n) is 1.65. The van der Waals surface area contributed by atoms with Gasteiger partial charge in [-0.05, 0) is 6.92 Å². The third-order valence-corrected chi connectivity index (χ3v) is 1.65. The molecule has 0 bridgehead atoms. The van der Waals surface area contributed by atoms with Crippen molar-refractivity contribution in [2.75, 3.05) is 19.6 Å². The molecule has 6 nitrogen and oxygen atoms in total. The van der Waals surface area contributed by atoms with Gasteiger partial charge < -0.3 is 10.4 Å². The number of carbonyl (C=O) groups excluding carboxylic acids is 1. The predicted octanol–water partition coefficient (Wildman–Crippen LogP) is -0.0735. The molecule has 1 rings (SSSR count). The molecule has 0 unspecified atom stereocenters. The molecule has 0 radical (unpaired) electrons. The first kappa shape index (κ1) is 8.63. The molecule has 0 aliphatic carbocycles. The van der Waals surface area contributed by atoms with E-state index in [2.05, 4.69) is 5.32 Å². The van der Waals surface area contributed by atoms with Gasteiger partial charge in [0.25, 0.3) is 0 Å². The van der Waals surface area contributed by atoms with Crippen LogP contribution in [0.4, 0.5) is 9.59 Å². The normalized spacial score (nSPS) is 16.1. The molecule has 0 saturated carbocycles. The van der Waals surface area contributed by atoms with Gasteiger partial charge in [0.15, 0.2) is 0 Å². The standard InChI is InChI=1S/C6H11N3O3/c1-2-8(6(11)12)9-4-3-7-5(9)10/h2-4H2,1H3,(H,7,10)(H,11,12). The van der Waals surface area contributed by atoms with E-state index in [9.17, 15) is 9.59 Å². The van der Waals surface area contributed by atoms with Crippen LogP contribution in [0, 0.1) is 0 Å². The van der Waals surface area contributed by atoms with Crippen molar-refractivity contribution in [1.82, 2.24) is 15.3 Å². The number of hydrogen-bond acceptors (Lipinski definition) is 2. The van der Waals surface area contributed by atoms with Gasteiger partial charge in [-0.1, -0.05) is 0 Å². The van der Waals surface area contributed by atoms with Crippen molar-refractivity contribution in [2.24, 2.45) is 0 Å². The Balaban J connectivity index is 2.65. The van der Waals surface area contributed by atoms with Gasteiger partial charge in [-0.15, -0.1) is 0 Å². The first-order valence-electron chi connectivity index (χ1n) is 3.72. The van der Waals surface area contributed by atoms with E-state index < -0.39 is 6.09 Å². The fraction of sp³-hybridized carbons (Fsp3) is 0.667. The number of hydrogen-bond donors (Lipinski definition) is 2. The molecule has 0 aromatic heterocycles. The van der Waals surface area contributed by atoms with Crippen LogP contribution in [-0.2, 0) is 0 Å². The van der Waals surface area contributed by atoms with Gasteiger partial charge in [0, 0.05) is 13.1 Å². The van der Waals surface area contributed by atoms with E-state index in [-0.39, 0.29) is 12.6 Å². The van der Waals surface area contributed by atoms with Gasteiger partial charge in [-0.2, -0.15) is 0 Å². The second-order valence-corrected chi connectivity index (χ2v) is 2.35. The minimum atomic E-state index is -1.10. The Kier molecular flexibility index (Phi) is 2.37. The lowest BCUT2D eigenvalue weighted by molar-refractivity contribution is 0.0397. The summed E-state index contributed by atoms with van der Waals surface area (Å²) in [6.45, 7) is 2.88. The maximum atomic E-state index is 11.0. The van der Waals surface area contributed by atoms with Crippen LogP contribution in [0.1, 0.15) is 6.92 Å². The van der Waals surface area contributed by atoms with Crippen LogP contribution in [0.2, 0.25) is 0 Å². The molecule has 68 valence electrons. The summed E-state index contributed by atoms with van der Waals surface area (Å²) >= 11 is 0. The van der Waals surface area contributed by atoms with Crippen molar-refractivity contribution in [2.45, 2.75) is 6.92 Å². The molecular weight excluding hydrogens is 162 g/mol. The Labute approximate surface area is 69.7 Å². The molecule has 1 saturated heterocycles. The largest absolute Gasteiger partial charge is 0.464 e. The topological polar surface area (TPSA) is 72.9 Å². The number of urea groups is 1. The molecule has 0 aromatic rings. The van der Waals surface area contributed by atoms with Gasteiger partial charge in [0.05, 0.1) is 6.54 Å². The smallest absolute Gasteiger partial charge is 0.426 e. The highest BCUT2D eigenvalue weighted by Gasteiger charge is 2.27. The number of rotatable bonds is 2. The van der Waals surface area contributed by atoms with Gasteiger partial charge >= 0.3 is 12.1 Å². The van der Waals surface area contributed by atoms with E-state index in [4.69, 9.17) is 5.11 Å². The SMILES string of the molecule is CCN(C(=O)O)N1CCNC1=O. The van der Waals surface area contributed by atoms with Gasteiger partial charge in [0.2, 0.25) is 0 Å². The second-order valence-electron chi connectivity index (χ2n) is 2.35. The third kappa shape index (κ3) is 1.41. The highest BCUT2D eigenvalue weighted by Crippen LogP contribution is 2.02. The number of carboxylic acid groups (broad SMARTS) is 1. The van der Waals surface area contributed by atoms with Crippen molar-refractivity contribution in [3.05, 3.63) is 0 Å². The van der Waals surface area contributed by atoms with Crippen LogP contribution in [0.3, 0.4) is 0 Å². The molecule has 0 atom stereocenters. The summed E-state index contributed by atoms with van der Waals surface area (Å²) in [7, 11) is 0. The lowest BCUT2D eigenvalue weighted by Gasteiger charge is -2.26. The van der Waals surface area contributed by atoms with E-state index in [0.717, 1.165) is 5.01 Å². The Morgan fingerprint density at radius 1 is 1.83 bits per heavy atom. The highest BCUT2D eigenvalue weighted by molar-refractivity contribution is 5.78. The van der Waals surface area contributed by atoms with Gasteiger partial charge in [0.1, 0.15) is 0 Å². The van der Waals surface area contributed by atoms with Crippen LogP contribution < -0.4 is 5.32 Å². The molecule has 0 spiro atoms. The molecular formula is C6H11N3O3. The van der Waals surface area contributed by atoms with E-state index in [0.29, 0.717) is 13.1 Å². The van der Waals surface area contributed by atoms with Crippen LogP contribution in [0.25, 0.3) is 0 Å². The Morgan fingerprint density at radius 3 is 2.83 bits per heavy atom.